The Morgan fingerprint density at radius 3 is 2.69 bits per heavy atom. The van der Waals surface area contributed by atoms with Crippen molar-refractivity contribution in [3.8, 4) is 5.75 Å². The van der Waals surface area contributed by atoms with Crippen LogP contribution >= 0.6 is 15.9 Å². The molecular formula is C24H24BrN5O2. The molecule has 0 radical (unpaired) electrons. The number of benzene rings is 2. The maximum absolute atomic E-state index is 12.7. The number of aromatic nitrogens is 4. The molecular weight excluding hydrogens is 470 g/mol. The van der Waals surface area contributed by atoms with Gasteiger partial charge >= 0.3 is 0 Å². The summed E-state index contributed by atoms with van der Waals surface area (Å²) in [5.74, 6) is 0.584. The Bertz CT molecular complexity index is 1210. The van der Waals surface area contributed by atoms with Crippen molar-refractivity contribution in [2.75, 3.05) is 5.32 Å². The Hall–Kier alpha value is -3.39. The minimum absolute atomic E-state index is 0.190. The molecule has 2 aromatic heterocycles. The molecule has 8 heteroatoms. The highest BCUT2D eigenvalue weighted by molar-refractivity contribution is 9.10. The van der Waals surface area contributed by atoms with Crippen LogP contribution in [0, 0.1) is 6.92 Å². The number of aryl methyl sites for hydroxylation is 1. The van der Waals surface area contributed by atoms with Crippen LogP contribution in [-0.2, 0) is 19.7 Å². The SMILES string of the molecule is CCn1ncc(Cn2cc(NC(=O)c3cccc(COc4ccc(Br)cc4)c3)cn2)c1C. The van der Waals surface area contributed by atoms with Gasteiger partial charge in [-0.15, -0.1) is 0 Å². The van der Waals surface area contributed by atoms with Crippen molar-refractivity contribution in [1.82, 2.24) is 19.6 Å². The monoisotopic (exact) mass is 493 g/mol. The van der Waals surface area contributed by atoms with Crippen LogP contribution in [0.5, 0.6) is 5.75 Å². The fourth-order valence-corrected chi connectivity index (χ4v) is 3.62. The second kappa shape index (κ2) is 9.82. The van der Waals surface area contributed by atoms with Crippen LogP contribution in [0.2, 0.25) is 0 Å². The van der Waals surface area contributed by atoms with Gasteiger partial charge in [0.1, 0.15) is 12.4 Å². The summed E-state index contributed by atoms with van der Waals surface area (Å²) in [7, 11) is 0. The molecule has 0 spiro atoms. The minimum Gasteiger partial charge on any atom is -0.489 e. The number of anilines is 1. The average molecular weight is 494 g/mol. The van der Waals surface area contributed by atoms with Crippen LogP contribution in [0.25, 0.3) is 0 Å². The molecule has 7 nitrogen and oxygen atoms in total. The minimum atomic E-state index is -0.190. The second-order valence-electron chi connectivity index (χ2n) is 7.39. The zero-order valence-corrected chi connectivity index (χ0v) is 19.5. The number of hydrogen-bond acceptors (Lipinski definition) is 4. The highest BCUT2D eigenvalue weighted by Gasteiger charge is 2.11. The van der Waals surface area contributed by atoms with Crippen LogP contribution in [0.1, 0.15) is 34.1 Å². The second-order valence-corrected chi connectivity index (χ2v) is 8.31. The van der Waals surface area contributed by atoms with E-state index < -0.39 is 0 Å². The van der Waals surface area contributed by atoms with Gasteiger partial charge in [-0.1, -0.05) is 28.1 Å². The molecule has 0 aliphatic carbocycles. The summed E-state index contributed by atoms with van der Waals surface area (Å²) in [5.41, 5.74) is 4.35. The van der Waals surface area contributed by atoms with E-state index >= 15 is 0 Å². The summed E-state index contributed by atoms with van der Waals surface area (Å²) in [6.45, 7) is 5.92. The van der Waals surface area contributed by atoms with Crippen LogP contribution in [-0.4, -0.2) is 25.5 Å². The van der Waals surface area contributed by atoms with Crippen molar-refractivity contribution >= 4 is 27.5 Å². The van der Waals surface area contributed by atoms with Gasteiger partial charge in [-0.3, -0.25) is 14.2 Å². The normalized spacial score (nSPS) is 10.8. The number of nitrogens with zero attached hydrogens (tertiary/aromatic N) is 4. The van der Waals surface area contributed by atoms with Gasteiger partial charge in [0.2, 0.25) is 0 Å². The molecule has 32 heavy (non-hydrogen) atoms. The molecule has 2 aromatic carbocycles. The van der Waals surface area contributed by atoms with Crippen LogP contribution in [0.4, 0.5) is 5.69 Å². The topological polar surface area (TPSA) is 74.0 Å². The fourth-order valence-electron chi connectivity index (χ4n) is 3.35. The summed E-state index contributed by atoms with van der Waals surface area (Å²) < 4.78 is 10.6. The molecule has 0 saturated carbocycles. The zero-order valence-electron chi connectivity index (χ0n) is 18.0. The van der Waals surface area contributed by atoms with E-state index in [1.54, 1.807) is 16.9 Å². The Balaban J connectivity index is 1.37. The largest absolute Gasteiger partial charge is 0.489 e. The number of hydrogen-bond donors (Lipinski definition) is 1. The predicted molar refractivity (Wildman–Crippen MR) is 127 cm³/mol. The Morgan fingerprint density at radius 2 is 1.94 bits per heavy atom. The number of nitrogens with one attached hydrogen (secondary N) is 1. The van der Waals surface area contributed by atoms with Gasteiger partial charge in [0, 0.05) is 34.0 Å². The standard InChI is InChI=1S/C24H24BrN5O2/c1-3-30-17(2)20(12-27-30)14-29-15-22(13-26-29)28-24(31)19-6-4-5-18(11-19)16-32-23-9-7-21(25)8-10-23/h4-13,15H,3,14,16H2,1-2H3,(H,28,31). The summed E-state index contributed by atoms with van der Waals surface area (Å²) in [5, 5.41) is 11.6. The van der Waals surface area contributed by atoms with Gasteiger partial charge in [0.15, 0.2) is 0 Å². The quantitative estimate of drug-likeness (QED) is 0.372. The highest BCUT2D eigenvalue weighted by Crippen LogP contribution is 2.18. The van der Waals surface area contributed by atoms with Crippen LogP contribution in [0.15, 0.2) is 71.6 Å². The van der Waals surface area contributed by atoms with Gasteiger partial charge < -0.3 is 10.1 Å². The lowest BCUT2D eigenvalue weighted by Gasteiger charge is -2.08. The molecule has 2 heterocycles. The highest BCUT2D eigenvalue weighted by atomic mass is 79.9. The molecule has 0 aliphatic rings. The van der Waals surface area contributed by atoms with E-state index in [9.17, 15) is 4.79 Å². The molecule has 0 fully saturated rings. The number of ether oxygens (including phenoxy) is 1. The first-order chi connectivity index (χ1) is 15.5. The molecule has 0 saturated heterocycles. The van der Waals surface area contributed by atoms with E-state index in [1.807, 2.05) is 66.5 Å². The summed E-state index contributed by atoms with van der Waals surface area (Å²) >= 11 is 3.41. The lowest BCUT2D eigenvalue weighted by atomic mass is 10.1. The van der Waals surface area contributed by atoms with Crippen molar-refractivity contribution in [3.63, 3.8) is 0 Å². The van der Waals surface area contributed by atoms with Crippen molar-refractivity contribution < 1.29 is 9.53 Å². The number of carbonyl (C=O) groups excluding carboxylic acids is 1. The predicted octanol–water partition coefficient (Wildman–Crippen LogP) is 5.05. The molecule has 1 N–H and O–H groups in total. The lowest BCUT2D eigenvalue weighted by Crippen LogP contribution is -2.12. The summed E-state index contributed by atoms with van der Waals surface area (Å²) in [6.07, 6.45) is 5.33. The summed E-state index contributed by atoms with van der Waals surface area (Å²) in [4.78, 5) is 12.7. The molecule has 4 aromatic rings. The van der Waals surface area contributed by atoms with Crippen molar-refractivity contribution in [2.24, 2.45) is 0 Å². The van der Waals surface area contributed by atoms with Crippen molar-refractivity contribution in [2.45, 2.75) is 33.5 Å². The van der Waals surface area contributed by atoms with Gasteiger partial charge in [-0.2, -0.15) is 10.2 Å². The molecule has 4 rings (SSSR count). The fraction of sp³-hybridized carbons (Fsp3) is 0.208. The molecule has 0 aliphatic heterocycles. The van der Waals surface area contributed by atoms with E-state index in [0.717, 1.165) is 33.6 Å². The smallest absolute Gasteiger partial charge is 0.255 e. The van der Waals surface area contributed by atoms with Gasteiger partial charge in [0.25, 0.3) is 5.91 Å². The molecule has 1 amide bonds. The third kappa shape index (κ3) is 5.26. The Morgan fingerprint density at radius 1 is 1.12 bits per heavy atom. The Labute approximate surface area is 195 Å². The van der Waals surface area contributed by atoms with Crippen LogP contribution < -0.4 is 10.1 Å². The van der Waals surface area contributed by atoms with E-state index in [4.69, 9.17) is 4.74 Å². The van der Waals surface area contributed by atoms with Crippen molar-refractivity contribution in [1.29, 1.82) is 0 Å². The first kappa shape index (κ1) is 21.8. The molecule has 0 unspecified atom stereocenters. The first-order valence-corrected chi connectivity index (χ1v) is 11.1. The van der Waals surface area contributed by atoms with E-state index in [2.05, 4.69) is 38.4 Å². The van der Waals surface area contributed by atoms with Crippen molar-refractivity contribution in [3.05, 3.63) is 94.0 Å². The summed E-state index contributed by atoms with van der Waals surface area (Å²) in [6, 6.07) is 15.1. The third-order valence-corrected chi connectivity index (χ3v) is 5.66. The number of carbonyl (C=O) groups is 1. The first-order valence-electron chi connectivity index (χ1n) is 10.3. The third-order valence-electron chi connectivity index (χ3n) is 5.14. The number of amides is 1. The van der Waals surface area contributed by atoms with Crippen LogP contribution in [0.3, 0.4) is 0 Å². The molecule has 0 bridgehead atoms. The zero-order chi connectivity index (χ0) is 22.5. The van der Waals surface area contributed by atoms with E-state index in [0.29, 0.717) is 24.4 Å². The number of rotatable bonds is 8. The van der Waals surface area contributed by atoms with E-state index in [1.165, 1.54) is 0 Å². The average Bonchev–Trinajstić information content (AvgIpc) is 3.39. The number of halogens is 1. The lowest BCUT2D eigenvalue weighted by molar-refractivity contribution is 0.102. The van der Waals surface area contributed by atoms with Gasteiger partial charge in [0.05, 0.1) is 24.6 Å². The van der Waals surface area contributed by atoms with Gasteiger partial charge in [-0.25, -0.2) is 0 Å². The maximum Gasteiger partial charge on any atom is 0.255 e. The maximum atomic E-state index is 12.7. The van der Waals surface area contributed by atoms with E-state index in [-0.39, 0.29) is 5.91 Å². The molecule has 164 valence electrons. The Kier molecular flexibility index (Phi) is 6.70. The molecule has 0 atom stereocenters. The van der Waals surface area contributed by atoms with Gasteiger partial charge in [-0.05, 0) is 55.8 Å².